The van der Waals surface area contributed by atoms with Crippen LogP contribution in [0.4, 0.5) is 4.39 Å². The van der Waals surface area contributed by atoms with E-state index in [1.165, 1.54) is 4.90 Å². The molecule has 1 aliphatic heterocycles. The smallest absolute Gasteiger partial charge is 0.147 e. The molecule has 1 fully saturated rings. The highest BCUT2D eigenvalue weighted by Gasteiger charge is 2.24. The lowest BCUT2D eigenvalue weighted by Gasteiger charge is -2.35. The number of piperazine rings is 1. The fourth-order valence-corrected chi connectivity index (χ4v) is 1.34. The monoisotopic (exact) mass is 172 g/mol. The summed E-state index contributed by atoms with van der Waals surface area (Å²) in [5.74, 6) is 0.158. The number of alkyl halides is 1. The van der Waals surface area contributed by atoms with Gasteiger partial charge in [-0.15, -0.1) is 0 Å². The quantitative estimate of drug-likeness (QED) is 0.391. The molecule has 3 N–H and O–H groups in total. The van der Waals surface area contributed by atoms with Crippen molar-refractivity contribution in [1.82, 2.24) is 10.2 Å². The first-order valence-corrected chi connectivity index (χ1v) is 3.87. The molecule has 0 spiro atoms. The molecule has 1 heterocycles. The SMILES string of the molecule is CC1CNCC(=N)N1C(=N)CF. The van der Waals surface area contributed by atoms with Crippen molar-refractivity contribution in [2.24, 2.45) is 0 Å². The van der Waals surface area contributed by atoms with Gasteiger partial charge in [0.05, 0.1) is 6.54 Å². The summed E-state index contributed by atoms with van der Waals surface area (Å²) < 4.78 is 12.1. The molecule has 4 nitrogen and oxygen atoms in total. The van der Waals surface area contributed by atoms with E-state index in [9.17, 15) is 4.39 Å². The van der Waals surface area contributed by atoms with Crippen molar-refractivity contribution < 1.29 is 4.39 Å². The van der Waals surface area contributed by atoms with Crippen LogP contribution >= 0.6 is 0 Å². The topological polar surface area (TPSA) is 63.0 Å². The molecule has 1 aliphatic rings. The van der Waals surface area contributed by atoms with E-state index in [2.05, 4.69) is 5.32 Å². The van der Waals surface area contributed by atoms with Crippen LogP contribution in [0.3, 0.4) is 0 Å². The first kappa shape index (κ1) is 9.12. The molecule has 1 saturated heterocycles. The summed E-state index contributed by atoms with van der Waals surface area (Å²) in [4.78, 5) is 1.43. The zero-order valence-electron chi connectivity index (χ0n) is 7.02. The van der Waals surface area contributed by atoms with Crippen LogP contribution in [0.15, 0.2) is 0 Å². The van der Waals surface area contributed by atoms with E-state index < -0.39 is 6.67 Å². The number of rotatable bonds is 1. The van der Waals surface area contributed by atoms with Gasteiger partial charge in [0, 0.05) is 12.6 Å². The van der Waals surface area contributed by atoms with Gasteiger partial charge in [0.15, 0.2) is 0 Å². The molecule has 68 valence electrons. The number of hydrogen-bond donors (Lipinski definition) is 3. The molecular formula is C7H13FN4. The van der Waals surface area contributed by atoms with Crippen LogP contribution in [0.2, 0.25) is 0 Å². The van der Waals surface area contributed by atoms with Gasteiger partial charge in [0.25, 0.3) is 0 Å². The van der Waals surface area contributed by atoms with Gasteiger partial charge in [-0.25, -0.2) is 4.39 Å². The van der Waals surface area contributed by atoms with Gasteiger partial charge in [0.1, 0.15) is 18.3 Å². The third-order valence-corrected chi connectivity index (χ3v) is 1.88. The Morgan fingerprint density at radius 2 is 2.50 bits per heavy atom. The van der Waals surface area contributed by atoms with Gasteiger partial charge >= 0.3 is 0 Å². The molecule has 1 rings (SSSR count). The van der Waals surface area contributed by atoms with E-state index in [0.29, 0.717) is 13.1 Å². The standard InChI is InChI=1S/C7H13FN4/c1-5-3-11-4-7(10)12(5)6(9)2-8/h5,9-11H,2-4H2,1H3. The Balaban J connectivity index is 2.69. The van der Waals surface area contributed by atoms with Crippen molar-refractivity contribution in [1.29, 1.82) is 10.8 Å². The third kappa shape index (κ3) is 1.61. The summed E-state index contributed by atoms with van der Waals surface area (Å²) in [6.07, 6.45) is 0. The highest BCUT2D eigenvalue weighted by Crippen LogP contribution is 2.04. The Morgan fingerprint density at radius 1 is 1.83 bits per heavy atom. The average Bonchev–Trinajstić information content (AvgIpc) is 2.03. The number of amidine groups is 2. The van der Waals surface area contributed by atoms with Crippen molar-refractivity contribution in [3.63, 3.8) is 0 Å². The zero-order valence-corrected chi connectivity index (χ0v) is 7.02. The first-order valence-electron chi connectivity index (χ1n) is 3.87. The minimum atomic E-state index is -0.799. The van der Waals surface area contributed by atoms with Crippen LogP contribution in [0, 0.1) is 10.8 Å². The molecule has 0 aromatic carbocycles. The van der Waals surface area contributed by atoms with Gasteiger partial charge < -0.3 is 10.2 Å². The predicted octanol–water partition coefficient (Wildman–Crippen LogP) is 0.204. The first-order chi connectivity index (χ1) is 5.66. The Kier molecular flexibility index (Phi) is 2.75. The summed E-state index contributed by atoms with van der Waals surface area (Å²) in [5.41, 5.74) is 0. The van der Waals surface area contributed by atoms with Crippen LogP contribution in [-0.2, 0) is 0 Å². The number of halogens is 1. The number of nitrogens with one attached hydrogen (secondary N) is 3. The molecule has 12 heavy (non-hydrogen) atoms. The maximum absolute atomic E-state index is 12.1. The highest BCUT2D eigenvalue weighted by molar-refractivity contribution is 6.00. The van der Waals surface area contributed by atoms with E-state index in [-0.39, 0.29) is 17.7 Å². The maximum atomic E-state index is 12.1. The van der Waals surface area contributed by atoms with Gasteiger partial charge in [-0.05, 0) is 6.92 Å². The van der Waals surface area contributed by atoms with Crippen LogP contribution in [-0.4, -0.2) is 42.4 Å². The second-order valence-electron chi connectivity index (χ2n) is 2.88. The van der Waals surface area contributed by atoms with E-state index in [4.69, 9.17) is 10.8 Å². The van der Waals surface area contributed by atoms with Gasteiger partial charge in [0.2, 0.25) is 0 Å². The summed E-state index contributed by atoms with van der Waals surface area (Å²) in [7, 11) is 0. The molecule has 0 radical (unpaired) electrons. The van der Waals surface area contributed by atoms with Crippen molar-refractivity contribution in [2.75, 3.05) is 19.8 Å². The number of hydrogen-bond acceptors (Lipinski definition) is 3. The number of nitrogens with zero attached hydrogens (tertiary/aromatic N) is 1. The molecular weight excluding hydrogens is 159 g/mol. The predicted molar refractivity (Wildman–Crippen MR) is 45.6 cm³/mol. The molecule has 5 heteroatoms. The Labute approximate surface area is 70.8 Å². The zero-order chi connectivity index (χ0) is 9.14. The van der Waals surface area contributed by atoms with Gasteiger partial charge in [-0.1, -0.05) is 0 Å². The molecule has 0 saturated carbocycles. The van der Waals surface area contributed by atoms with Crippen LogP contribution < -0.4 is 5.32 Å². The molecule has 0 amide bonds. The fraction of sp³-hybridized carbons (Fsp3) is 0.714. The largest absolute Gasteiger partial charge is 0.312 e. The van der Waals surface area contributed by atoms with E-state index in [0.717, 1.165) is 0 Å². The highest BCUT2D eigenvalue weighted by atomic mass is 19.1. The van der Waals surface area contributed by atoms with Crippen LogP contribution in [0.5, 0.6) is 0 Å². The molecule has 0 aromatic rings. The van der Waals surface area contributed by atoms with Crippen LogP contribution in [0.25, 0.3) is 0 Å². The fourth-order valence-electron chi connectivity index (χ4n) is 1.34. The summed E-state index contributed by atoms with van der Waals surface area (Å²) in [6.45, 7) is 2.19. The van der Waals surface area contributed by atoms with E-state index >= 15 is 0 Å². The molecule has 1 atom stereocenters. The maximum Gasteiger partial charge on any atom is 0.147 e. The van der Waals surface area contributed by atoms with E-state index in [1.54, 1.807) is 0 Å². The van der Waals surface area contributed by atoms with Gasteiger partial charge in [-0.3, -0.25) is 10.8 Å². The normalized spacial score (nSPS) is 24.3. The minimum Gasteiger partial charge on any atom is -0.312 e. The second kappa shape index (κ2) is 3.62. The van der Waals surface area contributed by atoms with E-state index in [1.807, 2.05) is 6.92 Å². The van der Waals surface area contributed by atoms with Crippen molar-refractivity contribution in [2.45, 2.75) is 13.0 Å². The van der Waals surface area contributed by atoms with Crippen molar-refractivity contribution in [3.05, 3.63) is 0 Å². The summed E-state index contributed by atoms with van der Waals surface area (Å²) in [6, 6.07) is 0.00880. The van der Waals surface area contributed by atoms with Gasteiger partial charge in [-0.2, -0.15) is 0 Å². The Hall–Kier alpha value is -0.970. The lowest BCUT2D eigenvalue weighted by atomic mass is 10.2. The lowest BCUT2D eigenvalue weighted by Crippen LogP contribution is -2.55. The van der Waals surface area contributed by atoms with Crippen molar-refractivity contribution >= 4 is 11.7 Å². The molecule has 0 aromatic heterocycles. The summed E-state index contributed by atoms with van der Waals surface area (Å²) in [5, 5.41) is 17.7. The second-order valence-corrected chi connectivity index (χ2v) is 2.88. The van der Waals surface area contributed by atoms with Crippen molar-refractivity contribution in [3.8, 4) is 0 Å². The Bertz CT molecular complexity index is 196. The molecule has 0 aliphatic carbocycles. The molecule has 1 unspecified atom stereocenters. The molecule has 0 bridgehead atoms. The Morgan fingerprint density at radius 3 is 3.00 bits per heavy atom. The lowest BCUT2D eigenvalue weighted by molar-refractivity contribution is 0.382. The minimum absolute atomic E-state index is 0.00880. The third-order valence-electron chi connectivity index (χ3n) is 1.88. The average molecular weight is 172 g/mol. The summed E-state index contributed by atoms with van der Waals surface area (Å²) >= 11 is 0. The van der Waals surface area contributed by atoms with Crippen LogP contribution in [0.1, 0.15) is 6.92 Å².